The van der Waals surface area contributed by atoms with Gasteiger partial charge in [-0.2, -0.15) is 0 Å². The molecule has 4 aliphatic rings. The smallest absolute Gasteiger partial charge is 0.252 e. The van der Waals surface area contributed by atoms with Crippen LogP contribution >= 0.6 is 0 Å². The van der Waals surface area contributed by atoms with Crippen LogP contribution in [-0.2, 0) is 16.2 Å². The number of nitrogens with zero attached hydrogens (tertiary/aromatic N) is 4. The maximum Gasteiger partial charge on any atom is 0.252 e. The first-order valence-corrected chi connectivity index (χ1v) is 43.0. The Bertz CT molecular complexity index is 7770. The number of para-hydroxylation sites is 13. The van der Waals surface area contributed by atoms with Crippen LogP contribution in [0, 0.1) is 0 Å². The topological polar surface area (TPSA) is 70.8 Å². The van der Waals surface area contributed by atoms with Gasteiger partial charge < -0.3 is 42.3 Å². The maximum absolute atomic E-state index is 7.42. The maximum atomic E-state index is 7.42. The Morgan fingerprint density at radius 2 is 0.613 bits per heavy atom. The van der Waals surface area contributed by atoms with Crippen LogP contribution in [0.15, 0.2) is 365 Å². The van der Waals surface area contributed by atoms with Gasteiger partial charge in [0.15, 0.2) is 23.0 Å². The van der Waals surface area contributed by atoms with E-state index in [0.717, 1.165) is 235 Å². The number of hydrogen-bond donors (Lipinski definition) is 0. The quantitative estimate of drug-likeness (QED) is 0.131. The van der Waals surface area contributed by atoms with Gasteiger partial charge >= 0.3 is 0 Å². The van der Waals surface area contributed by atoms with E-state index in [1.54, 1.807) is 0 Å². The predicted molar refractivity (Wildman–Crippen MR) is 515 cm³/mol. The molecule has 10 heteroatoms. The Balaban J connectivity index is 0.904. The number of ether oxygens (including phenoxy) is 2. The van der Waals surface area contributed by atoms with Crippen LogP contribution < -0.4 is 45.5 Å². The molecule has 0 radical (unpaired) electrons. The van der Waals surface area contributed by atoms with Gasteiger partial charge in [-0.05, 0) is 205 Å². The van der Waals surface area contributed by atoms with Crippen LogP contribution in [-0.4, -0.2) is 6.71 Å². The van der Waals surface area contributed by atoms with Crippen molar-refractivity contribution < 1.29 is 22.7 Å². The molecule has 594 valence electrons. The van der Waals surface area contributed by atoms with Crippen molar-refractivity contribution in [1.29, 1.82) is 0 Å². The molecule has 24 rings (SSSR count). The van der Waals surface area contributed by atoms with E-state index in [1.807, 2.05) is 0 Å². The van der Waals surface area contributed by atoms with Crippen LogP contribution in [0.25, 0.3) is 121 Å². The van der Waals surface area contributed by atoms with E-state index >= 15 is 0 Å². The fraction of sp³-hybridized carbons (Fsp3) is 0.105. The lowest BCUT2D eigenvalue weighted by Gasteiger charge is -2.47. The Hall–Kier alpha value is -15.0. The minimum absolute atomic E-state index is 0.133. The van der Waals surface area contributed by atoms with Crippen LogP contribution in [0.3, 0.4) is 0 Å². The average molecular weight is 1600 g/mol. The number of fused-ring (bicyclic) bond motifs is 17. The molecule has 0 atom stereocenters. The third kappa shape index (κ3) is 11.3. The fourth-order valence-corrected chi connectivity index (χ4v) is 20.0. The van der Waals surface area contributed by atoms with Gasteiger partial charge in [0.1, 0.15) is 33.5 Å². The third-order valence-corrected chi connectivity index (χ3v) is 26.1. The van der Waals surface area contributed by atoms with Crippen LogP contribution in [0.5, 0.6) is 23.0 Å². The predicted octanol–water partition coefficient (Wildman–Crippen LogP) is 30.8. The fourth-order valence-electron chi connectivity index (χ4n) is 20.0. The van der Waals surface area contributed by atoms with E-state index in [1.165, 1.54) is 11.1 Å². The molecular weight excluding hydrogens is 1520 g/mol. The minimum Gasteiger partial charge on any atom is -0.456 e. The lowest BCUT2D eigenvalue weighted by atomic mass is 9.33. The van der Waals surface area contributed by atoms with Gasteiger partial charge in [-0.3, -0.25) is 0 Å². The van der Waals surface area contributed by atoms with Gasteiger partial charge in [-0.15, -0.1) is 0 Å². The highest BCUT2D eigenvalue weighted by molar-refractivity contribution is 7.00. The van der Waals surface area contributed by atoms with Crippen LogP contribution in [0.2, 0.25) is 0 Å². The van der Waals surface area contributed by atoms with Crippen molar-refractivity contribution in [3.8, 4) is 78.6 Å². The molecule has 0 saturated carbocycles. The van der Waals surface area contributed by atoms with Crippen LogP contribution in [0.4, 0.5) is 68.2 Å². The third-order valence-electron chi connectivity index (χ3n) is 26.1. The Kier molecular flexibility index (Phi) is 16.0. The minimum atomic E-state index is -0.435. The normalized spacial score (nSPS) is 13.4. The molecule has 4 aliphatic heterocycles. The summed E-state index contributed by atoms with van der Waals surface area (Å²) in [5.41, 5.74) is 32.8. The first-order chi connectivity index (χ1) is 60.4. The monoisotopic (exact) mass is 1600 g/mol. The van der Waals surface area contributed by atoms with Gasteiger partial charge in [-0.1, -0.05) is 281 Å². The summed E-state index contributed by atoms with van der Waals surface area (Å²) in [6, 6.07) is 129. The second-order valence-electron chi connectivity index (χ2n) is 36.6. The molecule has 17 aromatic carbocycles. The van der Waals surface area contributed by atoms with Crippen molar-refractivity contribution in [2.75, 3.05) is 19.6 Å². The molecule has 7 heterocycles. The number of furan rings is 3. The molecular formula is C114H85BN4O5. The van der Waals surface area contributed by atoms with E-state index in [0.29, 0.717) is 0 Å². The summed E-state index contributed by atoms with van der Waals surface area (Å²) in [4.78, 5) is 10.2. The zero-order chi connectivity index (χ0) is 83.3. The first-order valence-electron chi connectivity index (χ1n) is 43.0. The first kappa shape index (κ1) is 73.0. The van der Waals surface area contributed by atoms with Gasteiger partial charge in [0, 0.05) is 99.8 Å². The van der Waals surface area contributed by atoms with Gasteiger partial charge in [-0.25, -0.2) is 0 Å². The van der Waals surface area contributed by atoms with Crippen molar-refractivity contribution in [3.63, 3.8) is 0 Å². The summed E-state index contributed by atoms with van der Waals surface area (Å²) in [5, 5.41) is 6.24. The summed E-state index contributed by atoms with van der Waals surface area (Å²) >= 11 is 0. The largest absolute Gasteiger partial charge is 0.456 e. The Labute approximate surface area is 720 Å². The molecule has 0 N–H and O–H groups in total. The molecule has 0 amide bonds. The molecule has 0 fully saturated rings. The second kappa shape index (κ2) is 27.3. The molecule has 9 nitrogen and oxygen atoms in total. The second-order valence-corrected chi connectivity index (χ2v) is 36.6. The summed E-state index contributed by atoms with van der Waals surface area (Å²) in [6.45, 7) is 20.5. The van der Waals surface area contributed by atoms with Crippen molar-refractivity contribution in [1.82, 2.24) is 0 Å². The van der Waals surface area contributed by atoms with Crippen molar-refractivity contribution >= 4 is 157 Å². The lowest BCUT2D eigenvalue weighted by molar-refractivity contribution is 0.477. The van der Waals surface area contributed by atoms with Gasteiger partial charge in [0.05, 0.1) is 34.1 Å². The summed E-state index contributed by atoms with van der Waals surface area (Å²) in [7, 11) is 0. The summed E-state index contributed by atoms with van der Waals surface area (Å²) in [6.07, 6.45) is 0. The Morgan fingerprint density at radius 3 is 1.09 bits per heavy atom. The zero-order valence-electron chi connectivity index (χ0n) is 70.4. The van der Waals surface area contributed by atoms with Gasteiger partial charge in [0.25, 0.3) is 6.71 Å². The molecule has 20 aromatic rings. The molecule has 0 unspecified atom stereocenters. The summed E-state index contributed by atoms with van der Waals surface area (Å²) < 4.78 is 35.7. The zero-order valence-corrected chi connectivity index (χ0v) is 70.4. The lowest BCUT2D eigenvalue weighted by Crippen LogP contribution is -2.61. The number of rotatable bonds is 9. The van der Waals surface area contributed by atoms with Crippen molar-refractivity contribution in [2.45, 2.75) is 78.6 Å². The molecule has 124 heavy (non-hydrogen) atoms. The highest BCUT2D eigenvalue weighted by Crippen LogP contribution is 2.61. The van der Waals surface area contributed by atoms with E-state index < -0.39 is 6.71 Å². The van der Waals surface area contributed by atoms with Gasteiger partial charge in [0.2, 0.25) is 0 Å². The highest BCUT2D eigenvalue weighted by Gasteiger charge is 2.48. The van der Waals surface area contributed by atoms with E-state index in [-0.39, 0.29) is 16.2 Å². The highest BCUT2D eigenvalue weighted by atomic mass is 16.5. The molecule has 3 aromatic heterocycles. The van der Waals surface area contributed by atoms with Crippen LogP contribution in [0.1, 0.15) is 79.0 Å². The Morgan fingerprint density at radius 1 is 0.234 bits per heavy atom. The molecule has 0 bridgehead atoms. The van der Waals surface area contributed by atoms with Crippen molar-refractivity contribution in [3.05, 3.63) is 369 Å². The molecule has 0 spiro atoms. The van der Waals surface area contributed by atoms with E-state index in [2.05, 4.69) is 434 Å². The SMILES string of the molecule is CC(C)(C)c1ccc(-c2cc(C(C)(C)C)cc(-c3cccc4c3oc3ccccc34)c2N2c3cc(N4c5ccccc5Oc5ccccc54)ccc3B3c4ccc(N5c6ccccc6Oc6ccccc65)cc4N(c4c(-c5cccc6c5oc5ccccc56)cc(C(C)(C)C)cc4-c4cccc5oc6ccccc6c45)c4cc(-c5ccccc5)cc2c43)cc1. The average Bonchev–Trinajstić information content (AvgIpc) is 1.09. The van der Waals surface area contributed by atoms with E-state index in [4.69, 9.17) is 22.7 Å². The number of benzene rings is 17. The standard InChI is InChI=1S/C114H85BN4O5/c1-112(2,3)71-54-52-69(53-55-71)84-62-72(113(4,5)6)64-86(81-38-27-36-79-76-32-13-20-44-98(76)123-110(79)81)108(84)118-94-66-74(116-90-40-16-23-47-101(90)121-102-48-24-17-41-91(102)116)56-58-88(94)115-89-59-57-75(117-92-42-18-25-49-103(92)122-104-50-26-19-43-93(104)117)67-95(89)119(97-61-70(60-96(118)107(97)115)68-30-11-10-12-31-68)109-85(78-35-29-51-105-106(78)83-34-15-22-46-100(83)120-105)63-73(114(7,8)9)65-87(109)82-39-28-37-80-77-33-14-21-45-99(77)124-111(80)82/h10-67H,1-9H3. The number of anilines is 12. The van der Waals surface area contributed by atoms with Crippen molar-refractivity contribution in [2.24, 2.45) is 0 Å². The number of hydrogen-bond acceptors (Lipinski definition) is 9. The van der Waals surface area contributed by atoms with E-state index in [9.17, 15) is 0 Å². The summed E-state index contributed by atoms with van der Waals surface area (Å²) in [5.74, 6) is 3.06. The molecule has 0 saturated heterocycles. The molecule has 0 aliphatic carbocycles.